The summed E-state index contributed by atoms with van der Waals surface area (Å²) in [6, 6.07) is 13.9. The third kappa shape index (κ3) is 4.77. The van der Waals surface area contributed by atoms with Gasteiger partial charge in [-0.25, -0.2) is 4.98 Å². The predicted molar refractivity (Wildman–Crippen MR) is 127 cm³/mol. The van der Waals surface area contributed by atoms with Gasteiger partial charge in [-0.3, -0.25) is 9.59 Å². The average molecular weight is 437 g/mol. The molecule has 2 amide bonds. The van der Waals surface area contributed by atoms with E-state index in [0.29, 0.717) is 18.2 Å². The van der Waals surface area contributed by atoms with Crippen LogP contribution in [0.25, 0.3) is 11.0 Å². The first-order chi connectivity index (χ1) is 14.9. The van der Waals surface area contributed by atoms with E-state index in [1.54, 1.807) is 11.8 Å². The van der Waals surface area contributed by atoms with E-state index in [-0.39, 0.29) is 11.8 Å². The van der Waals surface area contributed by atoms with E-state index >= 15 is 0 Å². The van der Waals surface area contributed by atoms with Crippen LogP contribution in [0.1, 0.15) is 32.8 Å². The van der Waals surface area contributed by atoms with E-state index in [2.05, 4.69) is 29.8 Å². The Morgan fingerprint density at radius 2 is 2.00 bits per heavy atom. The van der Waals surface area contributed by atoms with Crippen LogP contribution in [-0.4, -0.2) is 33.7 Å². The molecule has 0 saturated carbocycles. The van der Waals surface area contributed by atoms with Crippen LogP contribution in [0.4, 0.5) is 11.4 Å². The highest BCUT2D eigenvalue weighted by molar-refractivity contribution is 7.99. The molecular formula is C24H28N4O2S. The number of carbonyl (C=O) groups is 2. The van der Waals surface area contributed by atoms with Gasteiger partial charge < -0.3 is 14.8 Å². The lowest BCUT2D eigenvalue weighted by Gasteiger charge is -2.15. The second-order valence-corrected chi connectivity index (χ2v) is 9.26. The number of anilines is 2. The number of para-hydroxylation sites is 2. The Morgan fingerprint density at radius 3 is 2.77 bits per heavy atom. The van der Waals surface area contributed by atoms with Crippen molar-refractivity contribution in [1.82, 2.24) is 9.55 Å². The van der Waals surface area contributed by atoms with E-state index in [9.17, 15) is 9.59 Å². The highest BCUT2D eigenvalue weighted by Crippen LogP contribution is 2.31. The van der Waals surface area contributed by atoms with E-state index in [1.807, 2.05) is 36.4 Å². The molecule has 162 valence electrons. The first-order valence-electron chi connectivity index (χ1n) is 10.7. The van der Waals surface area contributed by atoms with Crippen molar-refractivity contribution < 1.29 is 9.59 Å². The van der Waals surface area contributed by atoms with Gasteiger partial charge in [0.05, 0.1) is 16.8 Å². The van der Waals surface area contributed by atoms with Crippen LogP contribution in [0, 0.1) is 5.92 Å². The Morgan fingerprint density at radius 1 is 1.19 bits per heavy atom. The number of nitrogens with one attached hydrogen (secondary N) is 1. The maximum absolute atomic E-state index is 12.6. The Balaban J connectivity index is 1.43. The van der Waals surface area contributed by atoms with Crippen molar-refractivity contribution >= 4 is 46.0 Å². The van der Waals surface area contributed by atoms with Crippen molar-refractivity contribution in [3.05, 3.63) is 48.0 Å². The number of benzene rings is 2. The molecule has 0 saturated heterocycles. The summed E-state index contributed by atoms with van der Waals surface area (Å²) in [6.45, 7) is 7.60. The lowest BCUT2D eigenvalue weighted by Crippen LogP contribution is -2.25. The van der Waals surface area contributed by atoms with Gasteiger partial charge >= 0.3 is 0 Å². The molecule has 2 heterocycles. The minimum atomic E-state index is -0.0613. The van der Waals surface area contributed by atoms with Gasteiger partial charge in [0.25, 0.3) is 0 Å². The number of carbonyl (C=O) groups excluding carboxylic acids is 2. The normalized spacial score (nSPS) is 13.1. The molecule has 7 heteroatoms. The second kappa shape index (κ2) is 9.14. The molecule has 1 aliphatic heterocycles. The molecule has 1 N–H and O–H groups in total. The minimum absolute atomic E-state index is 0.0484. The highest BCUT2D eigenvalue weighted by Gasteiger charge is 2.22. The summed E-state index contributed by atoms with van der Waals surface area (Å²) in [6.07, 6.45) is 1.87. The van der Waals surface area contributed by atoms with E-state index in [0.717, 1.165) is 52.5 Å². The van der Waals surface area contributed by atoms with Crippen molar-refractivity contribution in [3.8, 4) is 0 Å². The van der Waals surface area contributed by atoms with Crippen LogP contribution >= 0.6 is 11.8 Å². The molecule has 1 aromatic heterocycles. The number of hydrogen-bond acceptors (Lipinski definition) is 4. The highest BCUT2D eigenvalue weighted by atomic mass is 32.2. The Kier molecular flexibility index (Phi) is 6.32. The molecule has 0 radical (unpaired) electrons. The molecule has 0 unspecified atom stereocenters. The van der Waals surface area contributed by atoms with Gasteiger partial charge in [-0.1, -0.05) is 37.7 Å². The number of amides is 2. The maximum Gasteiger partial charge on any atom is 0.234 e. The molecule has 6 nitrogen and oxygen atoms in total. The molecule has 2 aromatic carbocycles. The van der Waals surface area contributed by atoms with E-state index in [1.165, 1.54) is 11.8 Å². The van der Waals surface area contributed by atoms with E-state index in [4.69, 9.17) is 4.98 Å². The molecule has 0 fully saturated rings. The third-order valence-electron chi connectivity index (χ3n) is 5.52. The summed E-state index contributed by atoms with van der Waals surface area (Å²) >= 11 is 1.47. The molecule has 0 bridgehead atoms. The number of hydrogen-bond donors (Lipinski definition) is 1. The first kappa shape index (κ1) is 21.4. The lowest BCUT2D eigenvalue weighted by atomic mass is 10.1. The third-order valence-corrected chi connectivity index (χ3v) is 6.50. The van der Waals surface area contributed by atoms with Crippen LogP contribution in [0.5, 0.6) is 0 Å². The first-order valence-corrected chi connectivity index (χ1v) is 11.7. The fourth-order valence-electron chi connectivity index (χ4n) is 3.90. The summed E-state index contributed by atoms with van der Waals surface area (Å²) in [5.74, 6) is 0.879. The van der Waals surface area contributed by atoms with Gasteiger partial charge in [-0.2, -0.15) is 0 Å². The number of thioether (sulfide) groups is 1. The fourth-order valence-corrected chi connectivity index (χ4v) is 4.74. The number of nitrogens with zero attached hydrogens (tertiary/aromatic N) is 3. The Labute approximate surface area is 187 Å². The molecule has 4 rings (SSSR count). The van der Waals surface area contributed by atoms with Gasteiger partial charge in [0.2, 0.25) is 11.8 Å². The van der Waals surface area contributed by atoms with Crippen LogP contribution in [0.15, 0.2) is 47.6 Å². The fraction of sp³-hybridized carbons (Fsp3) is 0.375. The van der Waals surface area contributed by atoms with Crippen molar-refractivity contribution in [2.75, 3.05) is 22.5 Å². The minimum Gasteiger partial charge on any atom is -0.325 e. The zero-order valence-electron chi connectivity index (χ0n) is 18.2. The van der Waals surface area contributed by atoms with Crippen LogP contribution in [-0.2, 0) is 22.6 Å². The van der Waals surface area contributed by atoms with Crippen molar-refractivity contribution in [2.24, 2.45) is 5.92 Å². The molecule has 1 aliphatic rings. The summed E-state index contributed by atoms with van der Waals surface area (Å²) in [5.41, 5.74) is 4.88. The summed E-state index contributed by atoms with van der Waals surface area (Å²) in [7, 11) is 0. The number of imidazole rings is 1. The quantitative estimate of drug-likeness (QED) is 0.544. The van der Waals surface area contributed by atoms with E-state index < -0.39 is 0 Å². The summed E-state index contributed by atoms with van der Waals surface area (Å²) < 4.78 is 2.22. The summed E-state index contributed by atoms with van der Waals surface area (Å²) in [5, 5.41) is 3.87. The topological polar surface area (TPSA) is 67.2 Å². The van der Waals surface area contributed by atoms with Crippen LogP contribution in [0.2, 0.25) is 0 Å². The molecule has 0 aliphatic carbocycles. The van der Waals surface area contributed by atoms with Gasteiger partial charge in [-0.05, 0) is 54.7 Å². The Hall–Kier alpha value is -2.80. The SMILES string of the molecule is CC(=O)N1CCc2cc(NC(=O)CSc3nc4ccccc4n3CCC(C)C)ccc21. The molecule has 0 atom stereocenters. The zero-order valence-corrected chi connectivity index (χ0v) is 19.0. The van der Waals surface area contributed by atoms with Gasteiger partial charge in [0, 0.05) is 31.4 Å². The number of rotatable bonds is 7. The number of fused-ring (bicyclic) bond motifs is 2. The number of aryl methyl sites for hydroxylation is 1. The molecular weight excluding hydrogens is 408 g/mol. The zero-order chi connectivity index (χ0) is 22.0. The standard InChI is InChI=1S/C24H28N4O2S/c1-16(2)10-12-28-22-7-5-4-6-20(22)26-24(28)31-15-23(30)25-19-8-9-21-18(14-19)11-13-27(21)17(3)29/h4-9,14,16H,10-13,15H2,1-3H3,(H,25,30). The predicted octanol–water partition coefficient (Wildman–Crippen LogP) is 4.72. The van der Waals surface area contributed by atoms with Crippen molar-refractivity contribution in [1.29, 1.82) is 0 Å². The lowest BCUT2D eigenvalue weighted by molar-refractivity contribution is -0.116. The monoisotopic (exact) mass is 436 g/mol. The van der Waals surface area contributed by atoms with Crippen molar-refractivity contribution in [2.45, 2.75) is 45.3 Å². The second-order valence-electron chi connectivity index (χ2n) is 8.32. The molecule has 3 aromatic rings. The van der Waals surface area contributed by atoms with Crippen molar-refractivity contribution in [3.63, 3.8) is 0 Å². The van der Waals surface area contributed by atoms with Gasteiger partial charge in [0.15, 0.2) is 5.16 Å². The molecule has 31 heavy (non-hydrogen) atoms. The van der Waals surface area contributed by atoms with Crippen LogP contribution in [0.3, 0.4) is 0 Å². The average Bonchev–Trinajstić information content (AvgIpc) is 3.31. The maximum atomic E-state index is 12.6. The van der Waals surface area contributed by atoms with Crippen LogP contribution < -0.4 is 10.2 Å². The van der Waals surface area contributed by atoms with Gasteiger partial charge in [-0.15, -0.1) is 0 Å². The molecule has 0 spiro atoms. The van der Waals surface area contributed by atoms with Gasteiger partial charge in [0.1, 0.15) is 0 Å². The largest absolute Gasteiger partial charge is 0.325 e. The summed E-state index contributed by atoms with van der Waals surface area (Å²) in [4.78, 5) is 30.9. The smallest absolute Gasteiger partial charge is 0.234 e. The Bertz CT molecular complexity index is 1120. The number of aromatic nitrogens is 2.